The Morgan fingerprint density at radius 2 is 1.97 bits per heavy atom. The molecule has 0 saturated carbocycles. The van der Waals surface area contributed by atoms with Gasteiger partial charge in [-0.25, -0.2) is 5.43 Å². The summed E-state index contributed by atoms with van der Waals surface area (Å²) in [6.45, 7) is 4.26. The van der Waals surface area contributed by atoms with Crippen molar-refractivity contribution >= 4 is 61.6 Å². The van der Waals surface area contributed by atoms with E-state index in [0.717, 1.165) is 26.5 Å². The van der Waals surface area contributed by atoms with Crippen molar-refractivity contribution in [2.75, 3.05) is 7.11 Å². The lowest BCUT2D eigenvalue weighted by molar-refractivity contribution is 0.0929. The number of hydrogen-bond acceptors (Lipinski definition) is 5. The minimum absolute atomic E-state index is 0.180. The topological polar surface area (TPSA) is 73.1 Å². The fraction of sp³-hybridized carbons (Fsp3) is 0.111. The summed E-state index contributed by atoms with van der Waals surface area (Å²) in [5.41, 5.74) is 5.84. The van der Waals surface area contributed by atoms with Gasteiger partial charge in [-0.15, -0.1) is 6.58 Å². The third kappa shape index (κ3) is 6.32. The number of amides is 1. The SMILES string of the molecule is C=CCc1cc(/C=N/NC(=O)c2cc3cc(Br)ccc3o2)cc(OC)c1OCc1ccc(I)cc1. The first kappa shape index (κ1) is 25.0. The maximum atomic E-state index is 12.5. The molecule has 0 aliphatic carbocycles. The molecule has 1 heterocycles. The molecule has 6 nitrogen and oxygen atoms in total. The van der Waals surface area contributed by atoms with Gasteiger partial charge in [-0.1, -0.05) is 34.1 Å². The molecule has 0 aliphatic rings. The molecule has 1 N–H and O–H groups in total. The second-order valence-electron chi connectivity index (χ2n) is 7.61. The molecule has 0 radical (unpaired) electrons. The minimum Gasteiger partial charge on any atom is -0.493 e. The second-order valence-corrected chi connectivity index (χ2v) is 9.77. The molecule has 0 aliphatic heterocycles. The Bertz CT molecular complexity index is 1400. The highest BCUT2D eigenvalue weighted by Crippen LogP contribution is 2.34. The van der Waals surface area contributed by atoms with E-state index in [4.69, 9.17) is 13.9 Å². The molecular formula is C27H22BrIN2O4. The summed E-state index contributed by atoms with van der Waals surface area (Å²) in [4.78, 5) is 12.5. The van der Waals surface area contributed by atoms with E-state index in [1.165, 1.54) is 3.57 Å². The molecular weight excluding hydrogens is 623 g/mol. The molecule has 1 aromatic heterocycles. The highest BCUT2D eigenvalue weighted by atomic mass is 127. The molecule has 4 rings (SSSR count). The van der Waals surface area contributed by atoms with Gasteiger partial charge in [0.1, 0.15) is 12.2 Å². The number of hydrazone groups is 1. The first-order valence-electron chi connectivity index (χ1n) is 10.7. The average Bonchev–Trinajstić information content (AvgIpc) is 3.27. The summed E-state index contributed by atoms with van der Waals surface area (Å²) in [6, 6.07) is 19.1. The minimum atomic E-state index is -0.440. The molecule has 0 spiro atoms. The quantitative estimate of drug-likeness (QED) is 0.0933. The number of benzene rings is 3. The predicted molar refractivity (Wildman–Crippen MR) is 149 cm³/mol. The lowest BCUT2D eigenvalue weighted by Gasteiger charge is -2.16. The highest BCUT2D eigenvalue weighted by Gasteiger charge is 2.14. The van der Waals surface area contributed by atoms with E-state index < -0.39 is 5.91 Å². The fourth-order valence-corrected chi connectivity index (χ4v) is 4.20. The number of halogens is 2. The molecule has 8 heteroatoms. The van der Waals surface area contributed by atoms with Crippen LogP contribution >= 0.6 is 38.5 Å². The van der Waals surface area contributed by atoms with Crippen molar-refractivity contribution in [3.05, 3.63) is 104 Å². The number of carbonyl (C=O) groups excluding carboxylic acids is 1. The average molecular weight is 645 g/mol. The van der Waals surface area contributed by atoms with Gasteiger partial charge in [-0.2, -0.15) is 5.10 Å². The number of hydrogen-bond donors (Lipinski definition) is 1. The molecule has 0 atom stereocenters. The van der Waals surface area contributed by atoms with Gasteiger partial charge in [-0.3, -0.25) is 4.79 Å². The number of methoxy groups -OCH3 is 1. The summed E-state index contributed by atoms with van der Waals surface area (Å²) in [5, 5.41) is 4.92. The maximum Gasteiger partial charge on any atom is 0.307 e. The van der Waals surface area contributed by atoms with E-state index in [9.17, 15) is 4.79 Å². The van der Waals surface area contributed by atoms with Gasteiger partial charge in [-0.05, 0) is 88.7 Å². The summed E-state index contributed by atoms with van der Waals surface area (Å²) in [5.74, 6) is 0.968. The zero-order chi connectivity index (χ0) is 24.8. The van der Waals surface area contributed by atoms with Crippen LogP contribution < -0.4 is 14.9 Å². The van der Waals surface area contributed by atoms with Crippen LogP contribution in [-0.2, 0) is 13.0 Å². The van der Waals surface area contributed by atoms with Gasteiger partial charge in [0, 0.05) is 19.0 Å². The Kier molecular flexibility index (Phi) is 8.25. The van der Waals surface area contributed by atoms with Crippen LogP contribution in [0.5, 0.6) is 11.5 Å². The number of nitrogens with zero attached hydrogens (tertiary/aromatic N) is 1. The van der Waals surface area contributed by atoms with Crippen LogP contribution in [0.4, 0.5) is 0 Å². The lowest BCUT2D eigenvalue weighted by atomic mass is 10.1. The number of rotatable bonds is 9. The van der Waals surface area contributed by atoms with Gasteiger partial charge < -0.3 is 13.9 Å². The van der Waals surface area contributed by atoms with Crippen LogP contribution in [0.25, 0.3) is 11.0 Å². The van der Waals surface area contributed by atoms with Gasteiger partial charge in [0.25, 0.3) is 0 Å². The third-order valence-corrected chi connectivity index (χ3v) is 6.33. The van der Waals surface area contributed by atoms with Gasteiger partial charge in [0.15, 0.2) is 17.3 Å². The maximum absolute atomic E-state index is 12.5. The van der Waals surface area contributed by atoms with E-state index >= 15 is 0 Å². The third-order valence-electron chi connectivity index (χ3n) is 5.12. The van der Waals surface area contributed by atoms with E-state index in [2.05, 4.69) is 55.6 Å². The smallest absolute Gasteiger partial charge is 0.307 e. The summed E-state index contributed by atoms with van der Waals surface area (Å²) in [6.07, 6.45) is 3.94. The van der Waals surface area contributed by atoms with Crippen molar-refractivity contribution in [2.45, 2.75) is 13.0 Å². The highest BCUT2D eigenvalue weighted by molar-refractivity contribution is 14.1. The van der Waals surface area contributed by atoms with E-state index in [1.54, 1.807) is 31.5 Å². The van der Waals surface area contributed by atoms with Crippen LogP contribution in [0.2, 0.25) is 0 Å². The standard InChI is InChI=1S/C27H22BrIN2O4/c1-3-4-19-11-18(12-24(33-2)26(19)34-16-17-5-8-22(29)9-6-17)15-30-31-27(32)25-14-20-13-21(28)7-10-23(20)35-25/h3,5-15H,1,4,16H2,2H3,(H,31,32)/b30-15+. The molecule has 0 unspecified atom stereocenters. The predicted octanol–water partition coefficient (Wildman–Crippen LogP) is 6.88. The molecule has 0 bridgehead atoms. The fourth-order valence-electron chi connectivity index (χ4n) is 3.46. The van der Waals surface area contributed by atoms with E-state index in [1.807, 2.05) is 48.5 Å². The Balaban J connectivity index is 1.50. The number of allylic oxidation sites excluding steroid dienone is 1. The zero-order valence-electron chi connectivity index (χ0n) is 18.9. The van der Waals surface area contributed by atoms with Gasteiger partial charge in [0.05, 0.1) is 13.3 Å². The van der Waals surface area contributed by atoms with Crippen LogP contribution in [0.1, 0.15) is 27.2 Å². The van der Waals surface area contributed by atoms with Gasteiger partial charge in [0.2, 0.25) is 0 Å². The summed E-state index contributed by atoms with van der Waals surface area (Å²) >= 11 is 5.69. The van der Waals surface area contributed by atoms with Crippen molar-refractivity contribution in [1.29, 1.82) is 0 Å². The van der Waals surface area contributed by atoms with E-state index in [0.29, 0.717) is 30.1 Å². The molecule has 4 aromatic rings. The molecule has 3 aromatic carbocycles. The van der Waals surface area contributed by atoms with Crippen LogP contribution in [0.15, 0.2) is 87.3 Å². The van der Waals surface area contributed by atoms with Crippen molar-refractivity contribution < 1.29 is 18.7 Å². The van der Waals surface area contributed by atoms with Crippen molar-refractivity contribution in [1.82, 2.24) is 5.43 Å². The number of nitrogens with one attached hydrogen (secondary N) is 1. The van der Waals surface area contributed by atoms with Crippen LogP contribution in [0, 0.1) is 3.57 Å². The van der Waals surface area contributed by atoms with Crippen molar-refractivity contribution in [3.63, 3.8) is 0 Å². The first-order chi connectivity index (χ1) is 17.0. The lowest BCUT2D eigenvalue weighted by Crippen LogP contribution is -2.16. The van der Waals surface area contributed by atoms with Gasteiger partial charge >= 0.3 is 5.91 Å². The van der Waals surface area contributed by atoms with Crippen LogP contribution in [0.3, 0.4) is 0 Å². The largest absolute Gasteiger partial charge is 0.493 e. The zero-order valence-corrected chi connectivity index (χ0v) is 22.6. The summed E-state index contributed by atoms with van der Waals surface area (Å²) in [7, 11) is 1.59. The number of furan rings is 1. The molecule has 0 fully saturated rings. The second kappa shape index (κ2) is 11.5. The monoisotopic (exact) mass is 644 g/mol. The van der Waals surface area contributed by atoms with Crippen molar-refractivity contribution in [2.24, 2.45) is 5.10 Å². The Morgan fingerprint density at radius 3 is 2.71 bits per heavy atom. The Hall–Kier alpha value is -3.11. The van der Waals surface area contributed by atoms with Crippen LogP contribution in [-0.4, -0.2) is 19.2 Å². The number of fused-ring (bicyclic) bond motifs is 1. The molecule has 35 heavy (non-hydrogen) atoms. The van der Waals surface area contributed by atoms with E-state index in [-0.39, 0.29) is 5.76 Å². The molecule has 0 saturated heterocycles. The number of ether oxygens (including phenoxy) is 2. The van der Waals surface area contributed by atoms with Crippen molar-refractivity contribution in [3.8, 4) is 11.5 Å². The summed E-state index contributed by atoms with van der Waals surface area (Å²) < 4.78 is 19.4. The first-order valence-corrected chi connectivity index (χ1v) is 12.6. The molecule has 178 valence electrons. The normalized spacial score (nSPS) is 11.1. The molecule has 1 amide bonds. The Morgan fingerprint density at radius 1 is 1.17 bits per heavy atom. The Labute approximate surface area is 225 Å². The number of carbonyl (C=O) groups is 1.